The number of methoxy groups -OCH3 is 2. The Bertz CT molecular complexity index is 777. The first kappa shape index (κ1) is 21.9. The van der Waals surface area contributed by atoms with Crippen molar-refractivity contribution in [2.45, 2.75) is 19.3 Å². The molecule has 2 rings (SSSR count). The molecule has 0 atom stereocenters. The Kier molecular flexibility index (Phi) is 8.14. The smallest absolute Gasteiger partial charge is 0.341 e. The number of phenols is 2. The molecule has 0 amide bonds. The largest absolute Gasteiger partial charge is 0.507 e. The van der Waals surface area contributed by atoms with E-state index in [2.05, 4.69) is 9.47 Å². The molecule has 0 radical (unpaired) electrons. The van der Waals surface area contributed by atoms with Gasteiger partial charge in [-0.05, 0) is 43.5 Å². The molecule has 0 aliphatic carbocycles. The summed E-state index contributed by atoms with van der Waals surface area (Å²) in [6.45, 7) is 0.900. The molecule has 0 heterocycles. The maximum atomic E-state index is 11.4. The second-order valence-corrected chi connectivity index (χ2v) is 6.10. The van der Waals surface area contributed by atoms with E-state index in [-0.39, 0.29) is 22.6 Å². The van der Waals surface area contributed by atoms with E-state index in [0.717, 1.165) is 19.3 Å². The third-order valence-electron chi connectivity index (χ3n) is 4.08. The lowest BCUT2D eigenvalue weighted by atomic mass is 10.2. The molecule has 8 heteroatoms. The molecule has 0 aliphatic rings. The van der Waals surface area contributed by atoms with E-state index >= 15 is 0 Å². The summed E-state index contributed by atoms with van der Waals surface area (Å²) in [5.74, 6) is -0.668. The maximum Gasteiger partial charge on any atom is 0.341 e. The summed E-state index contributed by atoms with van der Waals surface area (Å²) in [5.41, 5.74) is 0.172. The number of hydrogen-bond acceptors (Lipinski definition) is 8. The van der Waals surface area contributed by atoms with Crippen LogP contribution in [0, 0.1) is 0 Å². The molecule has 156 valence electrons. The molecule has 0 saturated heterocycles. The summed E-state index contributed by atoms with van der Waals surface area (Å²) in [7, 11) is 2.49. The van der Waals surface area contributed by atoms with Crippen LogP contribution in [0.15, 0.2) is 36.4 Å². The minimum atomic E-state index is -0.609. The van der Waals surface area contributed by atoms with Gasteiger partial charge in [-0.25, -0.2) is 9.59 Å². The van der Waals surface area contributed by atoms with E-state index in [1.165, 1.54) is 38.5 Å². The summed E-state index contributed by atoms with van der Waals surface area (Å²) in [5, 5.41) is 19.6. The molecule has 0 aliphatic heterocycles. The van der Waals surface area contributed by atoms with Crippen LogP contribution < -0.4 is 9.47 Å². The molecule has 0 saturated carbocycles. The Morgan fingerprint density at radius 1 is 0.724 bits per heavy atom. The summed E-state index contributed by atoms with van der Waals surface area (Å²) < 4.78 is 20.2. The zero-order valence-corrected chi connectivity index (χ0v) is 16.3. The monoisotopic (exact) mass is 404 g/mol. The minimum Gasteiger partial charge on any atom is -0.507 e. The number of carbonyl (C=O) groups is 2. The Balaban J connectivity index is 1.66. The molecule has 0 unspecified atom stereocenters. The van der Waals surface area contributed by atoms with Crippen LogP contribution in [0.4, 0.5) is 0 Å². The fourth-order valence-corrected chi connectivity index (χ4v) is 2.53. The number of hydrogen-bond donors (Lipinski definition) is 2. The van der Waals surface area contributed by atoms with Crippen LogP contribution in [0.2, 0.25) is 0 Å². The fraction of sp³-hybridized carbons (Fsp3) is 0.333. The molecule has 0 aromatic heterocycles. The zero-order valence-electron chi connectivity index (χ0n) is 16.3. The average Bonchev–Trinajstić information content (AvgIpc) is 2.72. The van der Waals surface area contributed by atoms with Crippen LogP contribution in [-0.4, -0.2) is 49.6 Å². The Labute approximate surface area is 168 Å². The van der Waals surface area contributed by atoms with Gasteiger partial charge in [-0.3, -0.25) is 0 Å². The van der Waals surface area contributed by atoms with Crippen molar-refractivity contribution >= 4 is 11.9 Å². The highest BCUT2D eigenvalue weighted by Crippen LogP contribution is 2.25. The first-order valence-corrected chi connectivity index (χ1v) is 9.04. The average molecular weight is 404 g/mol. The number of rotatable bonds is 10. The predicted octanol–water partition coefficient (Wildman–Crippen LogP) is 3.30. The van der Waals surface area contributed by atoms with Crippen LogP contribution in [0.1, 0.15) is 40.0 Å². The molecule has 2 N–H and O–H groups in total. The lowest BCUT2D eigenvalue weighted by molar-refractivity contribution is 0.0588. The van der Waals surface area contributed by atoms with E-state index in [1.807, 2.05) is 0 Å². The topological polar surface area (TPSA) is 112 Å². The van der Waals surface area contributed by atoms with Crippen LogP contribution >= 0.6 is 0 Å². The summed E-state index contributed by atoms with van der Waals surface area (Å²) in [4.78, 5) is 22.8. The molecule has 0 fully saturated rings. The van der Waals surface area contributed by atoms with Crippen LogP contribution in [0.3, 0.4) is 0 Å². The summed E-state index contributed by atoms with van der Waals surface area (Å²) >= 11 is 0. The van der Waals surface area contributed by atoms with E-state index in [0.29, 0.717) is 24.7 Å². The van der Waals surface area contributed by atoms with Gasteiger partial charge in [-0.2, -0.15) is 0 Å². The van der Waals surface area contributed by atoms with Gasteiger partial charge in [0.2, 0.25) is 0 Å². The minimum absolute atomic E-state index is 0.0858. The van der Waals surface area contributed by atoms with Crippen LogP contribution in [0.25, 0.3) is 0 Å². The second-order valence-electron chi connectivity index (χ2n) is 6.10. The lowest BCUT2D eigenvalue weighted by Gasteiger charge is -2.10. The maximum absolute atomic E-state index is 11.4. The van der Waals surface area contributed by atoms with E-state index in [4.69, 9.17) is 9.47 Å². The molecule has 2 aromatic carbocycles. The normalized spacial score (nSPS) is 10.3. The summed E-state index contributed by atoms with van der Waals surface area (Å²) in [6, 6.07) is 8.84. The second kappa shape index (κ2) is 10.8. The standard InChI is InChI=1S/C21H24O8/c1-26-20(24)16-8-6-14(12-18(16)22)28-10-4-3-5-11-29-15-7-9-17(19(23)13-15)21(25)27-2/h6-9,12-13,22-23H,3-5,10-11H2,1-2H3. The van der Waals surface area contributed by atoms with Gasteiger partial charge in [0, 0.05) is 12.1 Å². The first-order valence-electron chi connectivity index (χ1n) is 9.04. The molecular weight excluding hydrogens is 380 g/mol. The van der Waals surface area contributed by atoms with Crippen LogP contribution in [0.5, 0.6) is 23.0 Å². The predicted molar refractivity (Wildman–Crippen MR) is 104 cm³/mol. The third kappa shape index (κ3) is 6.31. The van der Waals surface area contributed by atoms with Gasteiger partial charge in [-0.15, -0.1) is 0 Å². The van der Waals surface area contributed by atoms with Crippen molar-refractivity contribution in [3.8, 4) is 23.0 Å². The first-order chi connectivity index (χ1) is 14.0. The van der Waals surface area contributed by atoms with Gasteiger partial charge in [0.15, 0.2) is 0 Å². The van der Waals surface area contributed by atoms with Gasteiger partial charge in [-0.1, -0.05) is 0 Å². The summed E-state index contributed by atoms with van der Waals surface area (Å²) in [6.07, 6.45) is 2.39. The van der Waals surface area contributed by atoms with E-state index in [9.17, 15) is 19.8 Å². The van der Waals surface area contributed by atoms with Gasteiger partial charge < -0.3 is 29.2 Å². The highest BCUT2D eigenvalue weighted by Gasteiger charge is 2.13. The number of benzene rings is 2. The highest BCUT2D eigenvalue weighted by atomic mass is 16.5. The quantitative estimate of drug-likeness (QED) is 0.458. The van der Waals surface area contributed by atoms with Gasteiger partial charge in [0.1, 0.15) is 34.1 Å². The number of aromatic hydroxyl groups is 2. The van der Waals surface area contributed by atoms with Crippen LogP contribution in [-0.2, 0) is 9.47 Å². The van der Waals surface area contributed by atoms with Crippen molar-refractivity contribution in [1.29, 1.82) is 0 Å². The molecule has 0 bridgehead atoms. The number of carbonyl (C=O) groups excluding carboxylic acids is 2. The zero-order chi connectivity index (χ0) is 21.2. The van der Waals surface area contributed by atoms with E-state index < -0.39 is 11.9 Å². The van der Waals surface area contributed by atoms with Crippen molar-refractivity contribution < 1.29 is 38.7 Å². The number of phenolic OH excluding ortho intramolecular Hbond substituents is 2. The Morgan fingerprint density at radius 2 is 1.14 bits per heavy atom. The highest BCUT2D eigenvalue weighted by molar-refractivity contribution is 5.93. The molecular formula is C21H24O8. The Hall–Kier alpha value is -3.42. The molecule has 8 nitrogen and oxygen atoms in total. The lowest BCUT2D eigenvalue weighted by Crippen LogP contribution is -2.04. The van der Waals surface area contributed by atoms with Crippen molar-refractivity contribution in [1.82, 2.24) is 0 Å². The SMILES string of the molecule is COC(=O)c1ccc(OCCCCCOc2ccc(C(=O)OC)c(O)c2)cc1O. The van der Waals surface area contributed by atoms with Crippen molar-refractivity contribution in [2.24, 2.45) is 0 Å². The number of unbranched alkanes of at least 4 members (excludes halogenated alkanes) is 2. The Morgan fingerprint density at radius 3 is 1.48 bits per heavy atom. The third-order valence-corrected chi connectivity index (χ3v) is 4.08. The van der Waals surface area contributed by atoms with Gasteiger partial charge in [0.05, 0.1) is 27.4 Å². The van der Waals surface area contributed by atoms with E-state index in [1.54, 1.807) is 12.1 Å². The van der Waals surface area contributed by atoms with Crippen molar-refractivity contribution in [3.63, 3.8) is 0 Å². The van der Waals surface area contributed by atoms with Gasteiger partial charge in [0.25, 0.3) is 0 Å². The molecule has 0 spiro atoms. The van der Waals surface area contributed by atoms with Crippen molar-refractivity contribution in [3.05, 3.63) is 47.5 Å². The van der Waals surface area contributed by atoms with Gasteiger partial charge >= 0.3 is 11.9 Å². The van der Waals surface area contributed by atoms with Crippen molar-refractivity contribution in [2.75, 3.05) is 27.4 Å². The number of esters is 2. The number of ether oxygens (including phenoxy) is 4. The molecule has 29 heavy (non-hydrogen) atoms. The molecule has 2 aromatic rings. The fourth-order valence-electron chi connectivity index (χ4n) is 2.53.